The van der Waals surface area contributed by atoms with E-state index in [0.29, 0.717) is 18.3 Å². The average molecular weight is 273 g/mol. The average Bonchev–Trinajstić information content (AvgIpc) is 3.12. The molecular formula is C15H19N3O2. The molecule has 1 fully saturated rings. The van der Waals surface area contributed by atoms with Crippen LogP contribution in [-0.4, -0.2) is 34.7 Å². The van der Waals surface area contributed by atoms with Crippen LogP contribution in [0, 0.1) is 0 Å². The standard InChI is InChI=1S/C15H19N3O2/c1-2-19-13-7-5-12(6-8-13)15-16-14(20-17-15)11-18-9-3-4-10-18/h5-8H,2-4,9-11H2,1H3. The van der Waals surface area contributed by atoms with Gasteiger partial charge >= 0.3 is 0 Å². The van der Waals surface area contributed by atoms with E-state index < -0.39 is 0 Å². The van der Waals surface area contributed by atoms with Crippen LogP contribution >= 0.6 is 0 Å². The summed E-state index contributed by atoms with van der Waals surface area (Å²) >= 11 is 0. The van der Waals surface area contributed by atoms with Crippen molar-refractivity contribution < 1.29 is 9.26 Å². The van der Waals surface area contributed by atoms with E-state index in [1.165, 1.54) is 12.8 Å². The van der Waals surface area contributed by atoms with E-state index in [0.717, 1.165) is 30.9 Å². The van der Waals surface area contributed by atoms with E-state index in [4.69, 9.17) is 9.26 Å². The number of benzene rings is 1. The van der Waals surface area contributed by atoms with E-state index in [1.807, 2.05) is 31.2 Å². The van der Waals surface area contributed by atoms with Gasteiger partial charge in [0.05, 0.1) is 13.2 Å². The van der Waals surface area contributed by atoms with Crippen molar-refractivity contribution in [2.75, 3.05) is 19.7 Å². The molecule has 1 aliphatic rings. The molecule has 0 atom stereocenters. The van der Waals surface area contributed by atoms with Crippen molar-refractivity contribution in [3.63, 3.8) is 0 Å². The molecule has 2 aromatic rings. The summed E-state index contributed by atoms with van der Waals surface area (Å²) in [4.78, 5) is 6.80. The Balaban J connectivity index is 1.68. The Kier molecular flexibility index (Phi) is 3.97. The second-order valence-electron chi connectivity index (χ2n) is 4.95. The summed E-state index contributed by atoms with van der Waals surface area (Å²) < 4.78 is 10.7. The molecule has 0 unspecified atom stereocenters. The molecule has 1 aliphatic heterocycles. The van der Waals surface area contributed by atoms with Crippen LogP contribution in [0.2, 0.25) is 0 Å². The fourth-order valence-electron chi connectivity index (χ4n) is 2.44. The summed E-state index contributed by atoms with van der Waals surface area (Å²) in [5.41, 5.74) is 0.949. The van der Waals surface area contributed by atoms with E-state index in [2.05, 4.69) is 15.0 Å². The van der Waals surface area contributed by atoms with Gasteiger partial charge in [0.15, 0.2) is 0 Å². The minimum absolute atomic E-state index is 0.641. The number of nitrogens with zero attached hydrogens (tertiary/aromatic N) is 3. The number of rotatable bonds is 5. The molecule has 1 saturated heterocycles. The molecule has 3 rings (SSSR count). The highest BCUT2D eigenvalue weighted by Gasteiger charge is 2.16. The van der Waals surface area contributed by atoms with Crippen molar-refractivity contribution in [3.8, 4) is 17.1 Å². The minimum Gasteiger partial charge on any atom is -0.494 e. The topological polar surface area (TPSA) is 51.4 Å². The van der Waals surface area contributed by atoms with Crippen LogP contribution in [0.25, 0.3) is 11.4 Å². The van der Waals surface area contributed by atoms with Gasteiger partial charge in [-0.1, -0.05) is 5.16 Å². The fourth-order valence-corrected chi connectivity index (χ4v) is 2.44. The lowest BCUT2D eigenvalue weighted by Gasteiger charge is -2.09. The van der Waals surface area contributed by atoms with Crippen molar-refractivity contribution >= 4 is 0 Å². The number of likely N-dealkylation sites (tertiary alicyclic amines) is 1. The first-order valence-electron chi connectivity index (χ1n) is 7.13. The van der Waals surface area contributed by atoms with Gasteiger partial charge in [0.25, 0.3) is 0 Å². The summed E-state index contributed by atoms with van der Waals surface area (Å²) in [5.74, 6) is 2.19. The van der Waals surface area contributed by atoms with Crippen molar-refractivity contribution in [3.05, 3.63) is 30.2 Å². The maximum atomic E-state index is 5.42. The maximum Gasteiger partial charge on any atom is 0.241 e. The highest BCUT2D eigenvalue weighted by atomic mass is 16.5. The second-order valence-corrected chi connectivity index (χ2v) is 4.95. The van der Waals surface area contributed by atoms with E-state index in [9.17, 15) is 0 Å². The van der Waals surface area contributed by atoms with E-state index in [1.54, 1.807) is 0 Å². The summed E-state index contributed by atoms with van der Waals surface area (Å²) in [6.07, 6.45) is 2.53. The molecule has 0 N–H and O–H groups in total. The molecular weight excluding hydrogens is 254 g/mol. The maximum absolute atomic E-state index is 5.42. The third-order valence-electron chi connectivity index (χ3n) is 3.45. The third kappa shape index (κ3) is 2.99. The lowest BCUT2D eigenvalue weighted by Crippen LogP contribution is -2.18. The predicted octanol–water partition coefficient (Wildman–Crippen LogP) is 2.73. The zero-order valence-electron chi connectivity index (χ0n) is 11.7. The molecule has 5 heteroatoms. The number of ether oxygens (including phenoxy) is 1. The van der Waals surface area contributed by atoms with Gasteiger partial charge in [-0.05, 0) is 57.1 Å². The molecule has 106 valence electrons. The second kappa shape index (κ2) is 6.05. The van der Waals surface area contributed by atoms with Gasteiger partial charge in [-0.3, -0.25) is 4.90 Å². The molecule has 20 heavy (non-hydrogen) atoms. The molecule has 1 aromatic carbocycles. The van der Waals surface area contributed by atoms with Gasteiger partial charge in [-0.25, -0.2) is 0 Å². The van der Waals surface area contributed by atoms with E-state index in [-0.39, 0.29) is 0 Å². The lowest BCUT2D eigenvalue weighted by atomic mass is 10.2. The smallest absolute Gasteiger partial charge is 0.241 e. The molecule has 0 amide bonds. The van der Waals surface area contributed by atoms with Crippen molar-refractivity contribution in [2.45, 2.75) is 26.3 Å². The Morgan fingerprint density at radius 3 is 2.65 bits per heavy atom. The first kappa shape index (κ1) is 13.1. The van der Waals surface area contributed by atoms with Gasteiger partial charge in [0.1, 0.15) is 5.75 Å². The molecule has 1 aromatic heterocycles. The van der Waals surface area contributed by atoms with Crippen molar-refractivity contribution in [1.29, 1.82) is 0 Å². The van der Waals surface area contributed by atoms with Crippen LogP contribution in [0.15, 0.2) is 28.8 Å². The summed E-state index contributed by atoms with van der Waals surface area (Å²) in [7, 11) is 0. The predicted molar refractivity (Wildman–Crippen MR) is 75.4 cm³/mol. The van der Waals surface area contributed by atoms with Crippen LogP contribution < -0.4 is 4.74 Å². The molecule has 0 saturated carbocycles. The number of aromatic nitrogens is 2. The zero-order chi connectivity index (χ0) is 13.8. The molecule has 2 heterocycles. The van der Waals surface area contributed by atoms with Crippen LogP contribution in [0.3, 0.4) is 0 Å². The molecule has 0 aliphatic carbocycles. The van der Waals surface area contributed by atoms with Crippen LogP contribution in [0.4, 0.5) is 0 Å². The van der Waals surface area contributed by atoms with Gasteiger partial charge in [0.2, 0.25) is 11.7 Å². The zero-order valence-corrected chi connectivity index (χ0v) is 11.7. The fraction of sp³-hybridized carbons (Fsp3) is 0.467. The Bertz CT molecular complexity index is 545. The molecule has 5 nitrogen and oxygen atoms in total. The third-order valence-corrected chi connectivity index (χ3v) is 3.45. The highest BCUT2D eigenvalue weighted by molar-refractivity contribution is 5.55. The van der Waals surface area contributed by atoms with Crippen LogP contribution in [0.5, 0.6) is 5.75 Å². The highest BCUT2D eigenvalue weighted by Crippen LogP contribution is 2.20. The van der Waals surface area contributed by atoms with Crippen molar-refractivity contribution in [1.82, 2.24) is 15.0 Å². The Hall–Kier alpha value is -1.88. The Labute approximate surface area is 118 Å². The van der Waals surface area contributed by atoms with Gasteiger partial charge in [0, 0.05) is 5.56 Å². The lowest BCUT2D eigenvalue weighted by molar-refractivity contribution is 0.268. The van der Waals surface area contributed by atoms with Gasteiger partial charge in [-0.15, -0.1) is 0 Å². The monoisotopic (exact) mass is 273 g/mol. The summed E-state index contributed by atoms with van der Waals surface area (Å²) in [6.45, 7) is 5.64. The quantitative estimate of drug-likeness (QED) is 0.838. The van der Waals surface area contributed by atoms with Gasteiger partial charge < -0.3 is 9.26 Å². The largest absolute Gasteiger partial charge is 0.494 e. The Morgan fingerprint density at radius 2 is 1.95 bits per heavy atom. The Morgan fingerprint density at radius 1 is 1.20 bits per heavy atom. The van der Waals surface area contributed by atoms with Crippen LogP contribution in [-0.2, 0) is 6.54 Å². The minimum atomic E-state index is 0.641. The van der Waals surface area contributed by atoms with Crippen LogP contribution in [0.1, 0.15) is 25.7 Å². The van der Waals surface area contributed by atoms with Crippen molar-refractivity contribution in [2.24, 2.45) is 0 Å². The first-order chi connectivity index (χ1) is 9.85. The number of hydrogen-bond donors (Lipinski definition) is 0. The molecule has 0 spiro atoms. The summed E-state index contributed by atoms with van der Waals surface area (Å²) in [6, 6.07) is 7.76. The normalized spacial score (nSPS) is 15.7. The molecule has 0 radical (unpaired) electrons. The summed E-state index contributed by atoms with van der Waals surface area (Å²) in [5, 5.41) is 4.05. The number of hydrogen-bond acceptors (Lipinski definition) is 5. The van der Waals surface area contributed by atoms with E-state index >= 15 is 0 Å². The van der Waals surface area contributed by atoms with Gasteiger partial charge in [-0.2, -0.15) is 4.98 Å². The first-order valence-corrected chi connectivity index (χ1v) is 7.13. The SMILES string of the molecule is CCOc1ccc(-c2noc(CN3CCCC3)n2)cc1. The molecule has 0 bridgehead atoms.